The maximum atomic E-state index is 14.0. The summed E-state index contributed by atoms with van der Waals surface area (Å²) in [6.45, 7) is 1.06. The Morgan fingerprint density at radius 1 is 0.812 bits per heavy atom. The summed E-state index contributed by atoms with van der Waals surface area (Å²) < 4.78 is 22.1. The molecule has 0 amide bonds. The number of anilines is 1. The van der Waals surface area contributed by atoms with Crippen molar-refractivity contribution in [2.24, 2.45) is 0 Å². The molecule has 2 heterocycles. The quantitative estimate of drug-likeness (QED) is 0.332. The molecule has 4 nitrogen and oxygen atoms in total. The third-order valence-corrected chi connectivity index (χ3v) is 5.25. The van der Waals surface area contributed by atoms with Crippen molar-refractivity contribution in [1.82, 2.24) is 9.38 Å². The zero-order valence-corrected chi connectivity index (χ0v) is 17.4. The van der Waals surface area contributed by atoms with E-state index in [1.807, 2.05) is 77.3 Å². The van der Waals surface area contributed by atoms with E-state index >= 15 is 0 Å². The van der Waals surface area contributed by atoms with Gasteiger partial charge in [-0.05, 0) is 35.4 Å². The van der Waals surface area contributed by atoms with Gasteiger partial charge in [0.25, 0.3) is 0 Å². The molecule has 1 N–H and O–H groups in total. The van der Waals surface area contributed by atoms with Gasteiger partial charge in [-0.25, -0.2) is 9.37 Å². The topological polar surface area (TPSA) is 38.6 Å². The fourth-order valence-electron chi connectivity index (χ4n) is 3.68. The Bertz CT molecular complexity index is 1330. The lowest BCUT2D eigenvalue weighted by atomic mass is 10.1. The molecule has 5 heteroatoms. The number of benzene rings is 3. The van der Waals surface area contributed by atoms with Gasteiger partial charge in [-0.3, -0.25) is 4.40 Å². The highest BCUT2D eigenvalue weighted by Gasteiger charge is 2.17. The molecular formula is C27H22FN3O. The predicted octanol–water partition coefficient (Wildman–Crippen LogP) is 6.33. The Labute approximate surface area is 185 Å². The van der Waals surface area contributed by atoms with E-state index in [-0.39, 0.29) is 5.82 Å². The van der Waals surface area contributed by atoms with E-state index < -0.39 is 0 Å². The molecular weight excluding hydrogens is 401 g/mol. The van der Waals surface area contributed by atoms with E-state index in [2.05, 4.69) is 17.4 Å². The predicted molar refractivity (Wildman–Crippen MR) is 125 cm³/mol. The summed E-state index contributed by atoms with van der Waals surface area (Å²) in [6, 6.07) is 30.5. The zero-order valence-electron chi connectivity index (χ0n) is 17.4. The highest BCUT2D eigenvalue weighted by atomic mass is 19.1. The van der Waals surface area contributed by atoms with Crippen LogP contribution in [0, 0.1) is 5.82 Å². The number of hydrogen-bond donors (Lipinski definition) is 1. The normalized spacial score (nSPS) is 10.9. The molecule has 5 aromatic rings. The second-order valence-electron chi connectivity index (χ2n) is 7.50. The standard InChI is InChI=1S/C27H22FN3O/c28-23-14-7-13-22(17-23)25-27(29-18-20-9-3-1-4-10-20)31-16-8-15-24(26(31)30-25)32-19-21-11-5-2-6-12-21/h1-17,29H,18-19H2. The first-order chi connectivity index (χ1) is 15.8. The number of rotatable bonds is 7. The highest BCUT2D eigenvalue weighted by Crippen LogP contribution is 2.33. The molecule has 158 valence electrons. The van der Waals surface area contributed by atoms with Gasteiger partial charge in [0.2, 0.25) is 0 Å². The zero-order chi connectivity index (χ0) is 21.8. The van der Waals surface area contributed by atoms with E-state index in [1.54, 1.807) is 6.07 Å². The van der Waals surface area contributed by atoms with Crippen LogP contribution in [-0.4, -0.2) is 9.38 Å². The number of aromatic nitrogens is 2. The second-order valence-corrected chi connectivity index (χ2v) is 7.50. The van der Waals surface area contributed by atoms with E-state index in [4.69, 9.17) is 9.72 Å². The van der Waals surface area contributed by atoms with Crippen molar-refractivity contribution in [3.63, 3.8) is 0 Å². The molecule has 5 rings (SSSR count). The molecule has 2 aromatic heterocycles. The Morgan fingerprint density at radius 2 is 1.56 bits per heavy atom. The minimum atomic E-state index is -0.297. The van der Waals surface area contributed by atoms with Crippen molar-refractivity contribution in [1.29, 1.82) is 0 Å². The van der Waals surface area contributed by atoms with Crippen LogP contribution in [0.5, 0.6) is 5.75 Å². The van der Waals surface area contributed by atoms with Crippen molar-refractivity contribution in [2.45, 2.75) is 13.2 Å². The molecule has 3 aromatic carbocycles. The molecule has 0 fully saturated rings. The number of pyridine rings is 1. The van der Waals surface area contributed by atoms with E-state index in [1.165, 1.54) is 12.1 Å². The lowest BCUT2D eigenvalue weighted by Gasteiger charge is -2.10. The van der Waals surface area contributed by atoms with Crippen LogP contribution in [0.25, 0.3) is 16.9 Å². The lowest BCUT2D eigenvalue weighted by Crippen LogP contribution is -2.04. The summed E-state index contributed by atoms with van der Waals surface area (Å²) in [5.41, 5.74) is 4.28. The molecule has 0 unspecified atom stereocenters. The second kappa shape index (κ2) is 8.94. The van der Waals surface area contributed by atoms with Gasteiger partial charge in [0, 0.05) is 18.3 Å². The number of nitrogens with one attached hydrogen (secondary N) is 1. The average Bonchev–Trinajstić information content (AvgIpc) is 3.22. The van der Waals surface area contributed by atoms with Crippen molar-refractivity contribution in [3.8, 4) is 17.0 Å². The van der Waals surface area contributed by atoms with Crippen LogP contribution in [0.3, 0.4) is 0 Å². The third kappa shape index (κ3) is 4.18. The van der Waals surface area contributed by atoms with Crippen LogP contribution >= 0.6 is 0 Å². The molecule has 0 aliphatic rings. The van der Waals surface area contributed by atoms with Gasteiger partial charge in [0.05, 0.1) is 0 Å². The number of halogens is 1. The Hall–Kier alpha value is -4.12. The van der Waals surface area contributed by atoms with Crippen LogP contribution in [0.15, 0.2) is 103 Å². The van der Waals surface area contributed by atoms with E-state index in [0.717, 1.165) is 16.9 Å². The van der Waals surface area contributed by atoms with Gasteiger partial charge < -0.3 is 10.1 Å². The Balaban J connectivity index is 1.55. The van der Waals surface area contributed by atoms with Crippen LogP contribution in [0.4, 0.5) is 10.2 Å². The molecule has 0 saturated carbocycles. The Morgan fingerprint density at radius 3 is 2.31 bits per heavy atom. The molecule has 0 atom stereocenters. The lowest BCUT2D eigenvalue weighted by molar-refractivity contribution is 0.308. The van der Waals surface area contributed by atoms with Crippen molar-refractivity contribution in [3.05, 3.63) is 120 Å². The van der Waals surface area contributed by atoms with Gasteiger partial charge in [-0.2, -0.15) is 0 Å². The van der Waals surface area contributed by atoms with Gasteiger partial charge in [0.1, 0.15) is 23.9 Å². The van der Waals surface area contributed by atoms with Crippen LogP contribution in [0.2, 0.25) is 0 Å². The number of fused-ring (bicyclic) bond motifs is 1. The maximum absolute atomic E-state index is 14.0. The van der Waals surface area contributed by atoms with Gasteiger partial charge in [-0.1, -0.05) is 72.8 Å². The largest absolute Gasteiger partial charge is 0.485 e. The fraction of sp³-hybridized carbons (Fsp3) is 0.0741. The number of hydrogen-bond acceptors (Lipinski definition) is 3. The van der Waals surface area contributed by atoms with Crippen molar-refractivity contribution >= 4 is 11.5 Å². The van der Waals surface area contributed by atoms with Crippen LogP contribution in [-0.2, 0) is 13.2 Å². The number of imidazole rings is 1. The summed E-state index contributed by atoms with van der Waals surface area (Å²) in [4.78, 5) is 4.86. The summed E-state index contributed by atoms with van der Waals surface area (Å²) in [7, 11) is 0. The first-order valence-electron chi connectivity index (χ1n) is 10.5. The highest BCUT2D eigenvalue weighted by molar-refractivity contribution is 5.78. The molecule has 32 heavy (non-hydrogen) atoms. The molecule has 0 spiro atoms. The molecule has 0 aliphatic carbocycles. The molecule has 0 saturated heterocycles. The first-order valence-corrected chi connectivity index (χ1v) is 10.5. The van der Waals surface area contributed by atoms with E-state index in [0.29, 0.717) is 35.8 Å². The molecule has 0 bridgehead atoms. The molecule has 0 radical (unpaired) electrons. The van der Waals surface area contributed by atoms with Crippen LogP contribution in [0.1, 0.15) is 11.1 Å². The van der Waals surface area contributed by atoms with Gasteiger partial charge in [-0.15, -0.1) is 0 Å². The smallest absolute Gasteiger partial charge is 0.181 e. The summed E-state index contributed by atoms with van der Waals surface area (Å²) in [6.07, 6.45) is 1.94. The minimum absolute atomic E-state index is 0.297. The van der Waals surface area contributed by atoms with Gasteiger partial charge >= 0.3 is 0 Å². The fourth-order valence-corrected chi connectivity index (χ4v) is 3.68. The van der Waals surface area contributed by atoms with Gasteiger partial charge in [0.15, 0.2) is 11.4 Å². The third-order valence-electron chi connectivity index (χ3n) is 5.25. The summed E-state index contributed by atoms with van der Waals surface area (Å²) in [5.74, 6) is 1.16. The van der Waals surface area contributed by atoms with E-state index in [9.17, 15) is 4.39 Å². The first kappa shape index (κ1) is 19.8. The molecule has 0 aliphatic heterocycles. The Kier molecular flexibility index (Phi) is 5.54. The number of ether oxygens (including phenoxy) is 1. The maximum Gasteiger partial charge on any atom is 0.181 e. The monoisotopic (exact) mass is 423 g/mol. The SMILES string of the molecule is Fc1cccc(-c2nc3c(OCc4ccccc4)cccn3c2NCc2ccccc2)c1. The number of nitrogens with zero attached hydrogens (tertiary/aromatic N) is 2. The average molecular weight is 423 g/mol. The summed E-state index contributed by atoms with van der Waals surface area (Å²) in [5, 5.41) is 3.49. The van der Waals surface area contributed by atoms with Crippen molar-refractivity contribution in [2.75, 3.05) is 5.32 Å². The van der Waals surface area contributed by atoms with Crippen LogP contribution < -0.4 is 10.1 Å². The summed E-state index contributed by atoms with van der Waals surface area (Å²) >= 11 is 0. The van der Waals surface area contributed by atoms with Crippen molar-refractivity contribution < 1.29 is 9.13 Å². The minimum Gasteiger partial charge on any atom is -0.485 e.